The topological polar surface area (TPSA) is 78.9 Å². The maximum absolute atomic E-state index is 12.8. The van der Waals surface area contributed by atoms with Crippen LogP contribution in [0.2, 0.25) is 0 Å². The SMILES string of the molecule is CCCCCCCCCCCCC(=O)OC[C@H](COC(=O)CCCCCCCCCCC(C)CC)OC(=O)CCCCCCCCCCCCCCCCC(C)CC. The Hall–Kier alpha value is -1.59. The van der Waals surface area contributed by atoms with Gasteiger partial charge < -0.3 is 14.2 Å². The Morgan fingerprint density at radius 3 is 0.897 bits per heavy atom. The Labute approximate surface area is 361 Å². The third kappa shape index (κ3) is 42.5. The predicted molar refractivity (Wildman–Crippen MR) is 247 cm³/mol. The van der Waals surface area contributed by atoms with Gasteiger partial charge in [0.2, 0.25) is 0 Å². The molecule has 0 rings (SSSR count). The summed E-state index contributed by atoms with van der Waals surface area (Å²) < 4.78 is 16.8. The second-order valence-corrected chi connectivity index (χ2v) is 18.3. The Kier molecular flexibility index (Phi) is 43.7. The van der Waals surface area contributed by atoms with Gasteiger partial charge in [-0.1, -0.05) is 247 Å². The molecule has 0 bridgehead atoms. The molecule has 58 heavy (non-hydrogen) atoms. The Bertz CT molecular complexity index is 889. The summed E-state index contributed by atoms with van der Waals surface area (Å²) in [7, 11) is 0. The maximum atomic E-state index is 12.8. The first-order chi connectivity index (χ1) is 28.3. The first-order valence-electron chi connectivity index (χ1n) is 25.8. The summed E-state index contributed by atoms with van der Waals surface area (Å²) in [6.45, 7) is 11.4. The van der Waals surface area contributed by atoms with Crippen LogP contribution in [0.5, 0.6) is 0 Å². The molecule has 6 heteroatoms. The van der Waals surface area contributed by atoms with Gasteiger partial charge in [0, 0.05) is 19.3 Å². The van der Waals surface area contributed by atoms with Gasteiger partial charge in [0.05, 0.1) is 0 Å². The Morgan fingerprint density at radius 1 is 0.345 bits per heavy atom. The summed E-state index contributed by atoms with van der Waals surface area (Å²) in [5, 5.41) is 0. The molecule has 0 aromatic heterocycles. The van der Waals surface area contributed by atoms with Gasteiger partial charge in [-0.2, -0.15) is 0 Å². The van der Waals surface area contributed by atoms with Crippen molar-refractivity contribution < 1.29 is 28.6 Å². The minimum absolute atomic E-state index is 0.0641. The van der Waals surface area contributed by atoms with Crippen molar-refractivity contribution in [1.82, 2.24) is 0 Å². The molecule has 0 fully saturated rings. The fourth-order valence-corrected chi connectivity index (χ4v) is 7.75. The van der Waals surface area contributed by atoms with Gasteiger partial charge in [-0.25, -0.2) is 0 Å². The molecular weight excluding hydrogens is 721 g/mol. The Balaban J connectivity index is 4.29. The first kappa shape index (κ1) is 56.4. The highest BCUT2D eigenvalue weighted by atomic mass is 16.6. The molecule has 0 N–H and O–H groups in total. The van der Waals surface area contributed by atoms with Crippen molar-refractivity contribution in [2.75, 3.05) is 13.2 Å². The maximum Gasteiger partial charge on any atom is 0.306 e. The summed E-state index contributed by atoms with van der Waals surface area (Å²) in [6.07, 6.45) is 45.0. The highest BCUT2D eigenvalue weighted by molar-refractivity contribution is 5.71. The molecule has 2 unspecified atom stereocenters. The molecule has 6 nitrogen and oxygen atoms in total. The van der Waals surface area contributed by atoms with Crippen LogP contribution >= 0.6 is 0 Å². The van der Waals surface area contributed by atoms with E-state index in [2.05, 4.69) is 34.6 Å². The van der Waals surface area contributed by atoms with Crippen LogP contribution in [0.4, 0.5) is 0 Å². The molecule has 0 aliphatic heterocycles. The summed E-state index contributed by atoms with van der Waals surface area (Å²) in [5.41, 5.74) is 0. The van der Waals surface area contributed by atoms with Crippen molar-refractivity contribution in [3.63, 3.8) is 0 Å². The molecular formula is C52H100O6. The van der Waals surface area contributed by atoms with Crippen molar-refractivity contribution in [2.45, 2.75) is 291 Å². The van der Waals surface area contributed by atoms with E-state index in [1.165, 1.54) is 173 Å². The minimum Gasteiger partial charge on any atom is -0.462 e. The van der Waals surface area contributed by atoms with E-state index >= 15 is 0 Å². The second kappa shape index (κ2) is 44.9. The molecule has 0 radical (unpaired) electrons. The molecule has 0 spiro atoms. The summed E-state index contributed by atoms with van der Waals surface area (Å²) >= 11 is 0. The average molecular weight is 821 g/mol. The predicted octanol–water partition coefficient (Wildman–Crippen LogP) is 16.5. The number of ether oxygens (including phenoxy) is 3. The molecule has 0 saturated carbocycles. The number of esters is 3. The number of unbranched alkanes of at least 4 members (excludes halogenated alkanes) is 29. The number of hydrogen-bond donors (Lipinski definition) is 0. The van der Waals surface area contributed by atoms with Gasteiger partial charge in [-0.3, -0.25) is 14.4 Å². The van der Waals surface area contributed by atoms with Crippen molar-refractivity contribution in [1.29, 1.82) is 0 Å². The molecule has 0 aliphatic carbocycles. The van der Waals surface area contributed by atoms with E-state index in [1.54, 1.807) is 0 Å². The average Bonchev–Trinajstić information content (AvgIpc) is 3.22. The number of hydrogen-bond acceptors (Lipinski definition) is 6. The van der Waals surface area contributed by atoms with Gasteiger partial charge in [0.15, 0.2) is 6.10 Å². The molecule has 0 aliphatic rings. The molecule has 344 valence electrons. The van der Waals surface area contributed by atoms with Gasteiger partial charge in [-0.15, -0.1) is 0 Å². The fourth-order valence-electron chi connectivity index (χ4n) is 7.75. The largest absolute Gasteiger partial charge is 0.462 e. The fraction of sp³-hybridized carbons (Fsp3) is 0.942. The zero-order chi connectivity index (χ0) is 42.6. The third-order valence-corrected chi connectivity index (χ3v) is 12.4. The van der Waals surface area contributed by atoms with Crippen molar-refractivity contribution in [3.8, 4) is 0 Å². The van der Waals surface area contributed by atoms with Crippen LogP contribution in [0.1, 0.15) is 285 Å². The highest BCUT2D eigenvalue weighted by Gasteiger charge is 2.19. The van der Waals surface area contributed by atoms with Crippen LogP contribution in [0.15, 0.2) is 0 Å². The standard InChI is InChI=1S/C52H100O6/c1-6-9-10-11-12-13-21-27-32-37-42-50(53)56-45-49(46-57-51(54)43-38-33-28-24-23-26-31-36-41-48(5)8-3)58-52(55)44-39-34-29-22-19-17-15-14-16-18-20-25-30-35-40-47(4)7-2/h47-49H,6-46H2,1-5H3/t47?,48?,49-/m1/s1. The number of carbonyl (C=O) groups excluding carboxylic acids is 3. The monoisotopic (exact) mass is 821 g/mol. The molecule has 0 amide bonds. The van der Waals surface area contributed by atoms with Gasteiger partial charge in [0.25, 0.3) is 0 Å². The van der Waals surface area contributed by atoms with Crippen molar-refractivity contribution >= 4 is 17.9 Å². The van der Waals surface area contributed by atoms with Crippen LogP contribution < -0.4 is 0 Å². The second-order valence-electron chi connectivity index (χ2n) is 18.3. The van der Waals surface area contributed by atoms with Gasteiger partial charge in [-0.05, 0) is 31.1 Å². The molecule has 3 atom stereocenters. The zero-order valence-electron chi connectivity index (χ0n) is 39.7. The van der Waals surface area contributed by atoms with Crippen molar-refractivity contribution in [3.05, 3.63) is 0 Å². The van der Waals surface area contributed by atoms with Crippen LogP contribution in [0, 0.1) is 11.8 Å². The van der Waals surface area contributed by atoms with E-state index in [0.29, 0.717) is 19.3 Å². The normalized spacial score (nSPS) is 13.0. The van der Waals surface area contributed by atoms with E-state index in [-0.39, 0.29) is 31.1 Å². The lowest BCUT2D eigenvalue weighted by atomic mass is 9.99. The van der Waals surface area contributed by atoms with Crippen LogP contribution in [-0.2, 0) is 28.6 Å². The van der Waals surface area contributed by atoms with Crippen LogP contribution in [0.3, 0.4) is 0 Å². The lowest BCUT2D eigenvalue weighted by Crippen LogP contribution is -2.30. The summed E-state index contributed by atoms with van der Waals surface area (Å²) in [4.78, 5) is 37.9. The van der Waals surface area contributed by atoms with E-state index < -0.39 is 6.10 Å². The lowest BCUT2D eigenvalue weighted by molar-refractivity contribution is -0.167. The highest BCUT2D eigenvalue weighted by Crippen LogP contribution is 2.18. The molecule has 0 aromatic rings. The van der Waals surface area contributed by atoms with E-state index in [4.69, 9.17) is 14.2 Å². The summed E-state index contributed by atoms with van der Waals surface area (Å²) in [5.74, 6) is 0.891. The van der Waals surface area contributed by atoms with Gasteiger partial charge >= 0.3 is 17.9 Å². The minimum atomic E-state index is -0.761. The van der Waals surface area contributed by atoms with Crippen LogP contribution in [0.25, 0.3) is 0 Å². The zero-order valence-corrected chi connectivity index (χ0v) is 39.7. The summed E-state index contributed by atoms with van der Waals surface area (Å²) in [6, 6.07) is 0. The van der Waals surface area contributed by atoms with Gasteiger partial charge in [0.1, 0.15) is 13.2 Å². The molecule has 0 heterocycles. The quantitative estimate of drug-likeness (QED) is 0.0346. The van der Waals surface area contributed by atoms with Crippen molar-refractivity contribution in [2.24, 2.45) is 11.8 Å². The molecule has 0 saturated heterocycles. The smallest absolute Gasteiger partial charge is 0.306 e. The third-order valence-electron chi connectivity index (χ3n) is 12.4. The van der Waals surface area contributed by atoms with Crippen LogP contribution in [-0.4, -0.2) is 37.2 Å². The lowest BCUT2D eigenvalue weighted by Gasteiger charge is -2.18. The van der Waals surface area contributed by atoms with E-state index in [0.717, 1.165) is 69.6 Å². The van der Waals surface area contributed by atoms with E-state index in [1.807, 2.05) is 0 Å². The Morgan fingerprint density at radius 2 is 0.603 bits per heavy atom. The van der Waals surface area contributed by atoms with E-state index in [9.17, 15) is 14.4 Å². The molecule has 0 aromatic carbocycles. The number of carbonyl (C=O) groups is 3. The first-order valence-corrected chi connectivity index (χ1v) is 25.8. The number of rotatable bonds is 46.